The molecule has 0 fully saturated rings. The van der Waals surface area contributed by atoms with Crippen molar-refractivity contribution in [3.63, 3.8) is 0 Å². The number of pyridine rings is 1. The second-order valence-corrected chi connectivity index (χ2v) is 8.99. The van der Waals surface area contributed by atoms with Crippen LogP contribution in [0.3, 0.4) is 0 Å². The summed E-state index contributed by atoms with van der Waals surface area (Å²) in [7, 11) is 0. The van der Waals surface area contributed by atoms with E-state index in [4.69, 9.17) is 4.74 Å². The Morgan fingerprint density at radius 3 is 2.72 bits per heavy atom. The second-order valence-electron chi connectivity index (χ2n) is 8.99. The number of H-pyrrole nitrogens is 1. The highest BCUT2D eigenvalue weighted by molar-refractivity contribution is 5.95. The van der Waals surface area contributed by atoms with Crippen LogP contribution in [-0.2, 0) is 12.0 Å². The monoisotopic (exact) mass is 471 g/mol. The number of rotatable bonds is 1. The Hall–Kier alpha value is -4.73. The van der Waals surface area contributed by atoms with Crippen molar-refractivity contribution in [3.8, 4) is 22.9 Å². The van der Waals surface area contributed by atoms with Crippen molar-refractivity contribution < 1.29 is 9.84 Å². The maximum atomic E-state index is 12.5. The van der Waals surface area contributed by atoms with Crippen LogP contribution in [0.25, 0.3) is 22.0 Å². The highest BCUT2D eigenvalue weighted by Crippen LogP contribution is 2.44. The largest absolute Gasteiger partial charge is 0.492 e. The first-order valence-corrected chi connectivity index (χ1v) is 11.6. The summed E-state index contributed by atoms with van der Waals surface area (Å²) in [4.78, 5) is 19.7. The lowest BCUT2D eigenvalue weighted by Crippen LogP contribution is -2.30. The van der Waals surface area contributed by atoms with Crippen molar-refractivity contribution >= 4 is 17.1 Å². The van der Waals surface area contributed by atoms with Gasteiger partial charge in [0, 0.05) is 41.4 Å². The predicted octanol–water partition coefficient (Wildman–Crippen LogP) is 4.76. The highest BCUT2D eigenvalue weighted by atomic mass is 16.5. The van der Waals surface area contributed by atoms with Gasteiger partial charge in [-0.05, 0) is 57.7 Å². The molecule has 2 N–H and O–H groups in total. The third-order valence-electron chi connectivity index (χ3n) is 6.84. The number of nitrogens with one attached hydrogen (secondary N) is 1. The average molecular weight is 472 g/mol. The smallest absolute Gasteiger partial charge is 0.249 e. The molecular formula is C30H21N3O3. The van der Waals surface area contributed by atoms with Gasteiger partial charge in [0.15, 0.2) is 0 Å². The number of ether oxygens (including phenoxy) is 1. The third-order valence-corrected chi connectivity index (χ3v) is 6.84. The lowest BCUT2D eigenvalue weighted by atomic mass is 9.77. The SMILES string of the molecule is C=C1C=NC=C1C1(O)c2ccc(C#N)c(c2)OCCc2cccc(c2)-c2cc(=O)[nH]c3ccc1cc23. The molecule has 6 rings (SSSR count). The third kappa shape index (κ3) is 3.37. The van der Waals surface area contributed by atoms with Gasteiger partial charge in [0.05, 0.1) is 12.2 Å². The first kappa shape index (κ1) is 21.8. The molecule has 0 saturated carbocycles. The lowest BCUT2D eigenvalue weighted by molar-refractivity contribution is 0.124. The zero-order chi connectivity index (χ0) is 24.9. The van der Waals surface area contributed by atoms with Gasteiger partial charge in [0.1, 0.15) is 17.4 Å². The number of nitrogens with zero attached hydrogens (tertiary/aromatic N) is 2. The minimum atomic E-state index is -1.63. The van der Waals surface area contributed by atoms with Crippen LogP contribution in [0.5, 0.6) is 5.75 Å². The van der Waals surface area contributed by atoms with E-state index in [1.165, 1.54) is 0 Å². The number of benzene rings is 3. The van der Waals surface area contributed by atoms with Crippen LogP contribution < -0.4 is 10.3 Å². The van der Waals surface area contributed by atoms with Crippen molar-refractivity contribution in [3.05, 3.63) is 123 Å². The summed E-state index contributed by atoms with van der Waals surface area (Å²) in [6.07, 6.45) is 3.82. The van der Waals surface area contributed by atoms with Crippen molar-refractivity contribution in [1.82, 2.24) is 4.98 Å². The van der Waals surface area contributed by atoms with Gasteiger partial charge in [-0.2, -0.15) is 5.26 Å². The first-order chi connectivity index (χ1) is 17.5. The molecule has 0 spiro atoms. The van der Waals surface area contributed by atoms with Crippen LogP contribution in [0, 0.1) is 11.3 Å². The Labute approximate surface area is 207 Å². The van der Waals surface area contributed by atoms with E-state index in [-0.39, 0.29) is 5.56 Å². The Morgan fingerprint density at radius 2 is 1.92 bits per heavy atom. The maximum absolute atomic E-state index is 12.5. The number of aromatic nitrogens is 1. The summed E-state index contributed by atoms with van der Waals surface area (Å²) in [6.45, 7) is 4.43. The number of nitriles is 1. The van der Waals surface area contributed by atoms with E-state index in [2.05, 4.69) is 22.6 Å². The van der Waals surface area contributed by atoms with Gasteiger partial charge in [0.25, 0.3) is 0 Å². The lowest BCUT2D eigenvalue weighted by Gasteiger charge is -2.32. The molecule has 3 heterocycles. The van der Waals surface area contributed by atoms with Gasteiger partial charge in [-0.15, -0.1) is 0 Å². The summed E-state index contributed by atoms with van der Waals surface area (Å²) < 4.78 is 6.06. The summed E-state index contributed by atoms with van der Waals surface area (Å²) in [5, 5.41) is 22.9. The van der Waals surface area contributed by atoms with Crippen LogP contribution in [0.1, 0.15) is 22.3 Å². The van der Waals surface area contributed by atoms with Crippen molar-refractivity contribution in [2.75, 3.05) is 6.61 Å². The van der Waals surface area contributed by atoms with Crippen molar-refractivity contribution in [2.45, 2.75) is 12.0 Å². The maximum Gasteiger partial charge on any atom is 0.249 e. The molecule has 3 aromatic carbocycles. The minimum absolute atomic E-state index is 0.202. The van der Waals surface area contributed by atoms with E-state index in [0.717, 1.165) is 22.1 Å². The van der Waals surface area contributed by atoms with E-state index in [1.54, 1.807) is 48.8 Å². The topological polar surface area (TPSA) is 98.5 Å². The van der Waals surface area contributed by atoms with Gasteiger partial charge in [-0.25, -0.2) is 0 Å². The zero-order valence-electron chi connectivity index (χ0n) is 19.3. The number of aliphatic hydroxyl groups is 1. The molecule has 1 atom stereocenters. The van der Waals surface area contributed by atoms with Crippen molar-refractivity contribution in [2.24, 2.45) is 4.99 Å². The fourth-order valence-electron chi connectivity index (χ4n) is 5.01. The normalized spacial score (nSPS) is 18.4. The average Bonchev–Trinajstić information content (AvgIpc) is 3.33. The van der Waals surface area contributed by atoms with E-state index in [1.807, 2.05) is 30.3 Å². The predicted molar refractivity (Wildman–Crippen MR) is 139 cm³/mol. The molecule has 0 aliphatic carbocycles. The molecule has 6 nitrogen and oxygen atoms in total. The molecule has 1 unspecified atom stereocenters. The molecular weight excluding hydrogens is 450 g/mol. The quantitative estimate of drug-likeness (QED) is 0.418. The second kappa shape index (κ2) is 8.19. The van der Waals surface area contributed by atoms with Crippen molar-refractivity contribution in [1.29, 1.82) is 5.26 Å². The number of aromatic amines is 1. The van der Waals surface area contributed by atoms with Crippen LogP contribution in [0.4, 0.5) is 0 Å². The molecule has 4 aromatic rings. The fraction of sp³-hybridized carbons (Fsp3) is 0.100. The van der Waals surface area contributed by atoms with Gasteiger partial charge in [-0.3, -0.25) is 9.79 Å². The van der Waals surface area contributed by atoms with Gasteiger partial charge >= 0.3 is 0 Å². The Kier molecular flexibility index (Phi) is 4.96. The standard InChI is InChI=1S/C30H21N3O3/c1-18-16-32-17-26(18)30(35)22-7-8-27-25(12-22)24(14-29(34)33-27)20-4-2-3-19(11-20)9-10-36-28-13-23(30)6-5-21(28)15-31/h2-8,11-14,16-17,35H,1,9-10H2,(H,33,34). The molecule has 6 heteroatoms. The number of hydrogen-bond donors (Lipinski definition) is 2. The minimum Gasteiger partial charge on any atom is -0.492 e. The molecule has 0 saturated heterocycles. The zero-order valence-corrected chi connectivity index (χ0v) is 19.3. The van der Waals surface area contributed by atoms with Crippen LogP contribution in [0.2, 0.25) is 0 Å². The summed E-state index contributed by atoms with van der Waals surface area (Å²) in [6, 6.07) is 22.3. The Morgan fingerprint density at radius 1 is 1.08 bits per heavy atom. The molecule has 1 aromatic heterocycles. The molecule has 174 valence electrons. The highest BCUT2D eigenvalue weighted by Gasteiger charge is 2.39. The first-order valence-electron chi connectivity index (χ1n) is 11.6. The number of aliphatic imine (C=N–C) groups is 1. The molecule has 0 radical (unpaired) electrons. The van der Waals surface area contributed by atoms with Crippen LogP contribution in [-0.4, -0.2) is 22.9 Å². The van der Waals surface area contributed by atoms with Gasteiger partial charge in [-0.1, -0.05) is 43.0 Å². The Bertz CT molecular complexity index is 1740. The molecule has 6 bridgehead atoms. The number of fused-ring (bicyclic) bond motifs is 6. The van der Waals surface area contributed by atoms with Crippen LogP contribution in [0.15, 0.2) is 100 Å². The van der Waals surface area contributed by atoms with E-state index in [0.29, 0.717) is 52.1 Å². The molecule has 2 aliphatic rings. The summed E-state index contributed by atoms with van der Waals surface area (Å²) in [5.74, 6) is 0.401. The molecule has 36 heavy (non-hydrogen) atoms. The van der Waals surface area contributed by atoms with Gasteiger partial charge in [0.2, 0.25) is 5.56 Å². The van der Waals surface area contributed by atoms with E-state index >= 15 is 0 Å². The van der Waals surface area contributed by atoms with E-state index in [9.17, 15) is 15.2 Å². The summed E-state index contributed by atoms with van der Waals surface area (Å²) in [5.41, 5.74) is 4.14. The van der Waals surface area contributed by atoms with Crippen LogP contribution >= 0.6 is 0 Å². The number of hydrogen-bond acceptors (Lipinski definition) is 5. The fourth-order valence-corrected chi connectivity index (χ4v) is 5.01. The van der Waals surface area contributed by atoms with E-state index < -0.39 is 5.60 Å². The Balaban J connectivity index is 1.71. The molecule has 0 amide bonds. The summed E-state index contributed by atoms with van der Waals surface area (Å²) >= 11 is 0. The molecule has 2 aliphatic heterocycles. The van der Waals surface area contributed by atoms with Gasteiger partial charge < -0.3 is 14.8 Å².